The largest absolute Gasteiger partial charge is 0.495 e. The minimum Gasteiger partial charge on any atom is -0.495 e. The molecular formula is C21H17ClF2N2O5S. The zero-order chi connectivity index (χ0) is 23.3. The van der Waals surface area contributed by atoms with Gasteiger partial charge in [0, 0.05) is 11.3 Å². The summed E-state index contributed by atoms with van der Waals surface area (Å²) in [6, 6.07) is 15.5. The molecule has 168 valence electrons. The number of hydrogen-bond acceptors (Lipinski definition) is 5. The molecule has 11 heteroatoms. The predicted molar refractivity (Wildman–Crippen MR) is 116 cm³/mol. The van der Waals surface area contributed by atoms with Crippen LogP contribution in [-0.4, -0.2) is 28.0 Å². The van der Waals surface area contributed by atoms with Gasteiger partial charge in [0.1, 0.15) is 16.4 Å². The molecule has 0 bridgehead atoms. The number of para-hydroxylation sites is 1. The van der Waals surface area contributed by atoms with Gasteiger partial charge >= 0.3 is 6.61 Å². The van der Waals surface area contributed by atoms with Gasteiger partial charge in [-0.15, -0.1) is 0 Å². The lowest BCUT2D eigenvalue weighted by atomic mass is 10.2. The van der Waals surface area contributed by atoms with Crippen molar-refractivity contribution in [3.8, 4) is 11.5 Å². The monoisotopic (exact) mass is 482 g/mol. The van der Waals surface area contributed by atoms with Gasteiger partial charge in [0.05, 0.1) is 17.8 Å². The molecule has 32 heavy (non-hydrogen) atoms. The van der Waals surface area contributed by atoms with Crippen LogP contribution in [0.5, 0.6) is 11.5 Å². The molecule has 2 N–H and O–H groups in total. The molecule has 0 aliphatic rings. The van der Waals surface area contributed by atoms with Crippen molar-refractivity contribution < 1.29 is 31.5 Å². The standard InChI is InChI=1S/C21H17ClF2N2O5S/c1-30-18-10-9-14(25-20(27)13-5-4-6-15(11-13)31-21(23)24)12-19(18)32(28,29)26-17-8-3-2-7-16(17)22/h2-12,21,26H,1H3,(H,25,27). The first-order chi connectivity index (χ1) is 15.2. The molecule has 3 rings (SSSR count). The quantitative estimate of drug-likeness (QED) is 0.471. The zero-order valence-electron chi connectivity index (χ0n) is 16.5. The number of amides is 1. The second kappa shape index (κ2) is 9.84. The van der Waals surface area contributed by atoms with Gasteiger partial charge in [-0.3, -0.25) is 9.52 Å². The molecule has 0 saturated heterocycles. The van der Waals surface area contributed by atoms with Crippen LogP contribution in [-0.2, 0) is 10.0 Å². The third-order valence-electron chi connectivity index (χ3n) is 4.15. The van der Waals surface area contributed by atoms with Crippen LogP contribution in [0.2, 0.25) is 5.02 Å². The number of benzene rings is 3. The molecule has 7 nitrogen and oxygen atoms in total. The van der Waals surface area contributed by atoms with E-state index in [1.165, 1.54) is 55.6 Å². The van der Waals surface area contributed by atoms with Gasteiger partial charge in [0.25, 0.3) is 15.9 Å². The molecule has 0 aliphatic carbocycles. The van der Waals surface area contributed by atoms with E-state index in [-0.39, 0.29) is 38.4 Å². The van der Waals surface area contributed by atoms with E-state index in [1.54, 1.807) is 12.1 Å². The SMILES string of the molecule is COc1ccc(NC(=O)c2cccc(OC(F)F)c2)cc1S(=O)(=O)Nc1ccccc1Cl. The van der Waals surface area contributed by atoms with E-state index in [0.717, 1.165) is 6.07 Å². The fourth-order valence-electron chi connectivity index (χ4n) is 2.72. The highest BCUT2D eigenvalue weighted by Crippen LogP contribution is 2.31. The number of nitrogens with one attached hydrogen (secondary N) is 2. The minimum absolute atomic E-state index is 0.0369. The van der Waals surface area contributed by atoms with Crippen molar-refractivity contribution in [1.82, 2.24) is 0 Å². The second-order valence-corrected chi connectivity index (χ2v) is 8.37. The summed E-state index contributed by atoms with van der Waals surface area (Å²) in [6.07, 6.45) is 0. The van der Waals surface area contributed by atoms with Crippen LogP contribution in [0.3, 0.4) is 0 Å². The van der Waals surface area contributed by atoms with Gasteiger partial charge < -0.3 is 14.8 Å². The maximum atomic E-state index is 12.9. The Morgan fingerprint density at radius 3 is 2.47 bits per heavy atom. The number of hydrogen-bond donors (Lipinski definition) is 2. The minimum atomic E-state index is -4.14. The highest BCUT2D eigenvalue weighted by atomic mass is 35.5. The summed E-state index contributed by atoms with van der Waals surface area (Å²) in [4.78, 5) is 12.3. The molecule has 0 atom stereocenters. The summed E-state index contributed by atoms with van der Waals surface area (Å²) < 4.78 is 62.5. The first kappa shape index (κ1) is 23.3. The molecule has 3 aromatic carbocycles. The van der Waals surface area contributed by atoms with Gasteiger partial charge in [-0.2, -0.15) is 8.78 Å². The highest BCUT2D eigenvalue weighted by molar-refractivity contribution is 7.92. The van der Waals surface area contributed by atoms with Crippen LogP contribution in [0.1, 0.15) is 10.4 Å². The third-order valence-corrected chi connectivity index (χ3v) is 5.87. The number of sulfonamides is 1. The Bertz CT molecular complexity index is 1240. The fourth-order valence-corrected chi connectivity index (χ4v) is 4.24. The summed E-state index contributed by atoms with van der Waals surface area (Å²) >= 11 is 6.03. The summed E-state index contributed by atoms with van der Waals surface area (Å²) in [5, 5.41) is 2.72. The van der Waals surface area contributed by atoms with Gasteiger partial charge in [0.15, 0.2) is 0 Å². The molecule has 0 aliphatic heterocycles. The Morgan fingerprint density at radius 2 is 1.78 bits per heavy atom. The van der Waals surface area contributed by atoms with Gasteiger partial charge in [0.2, 0.25) is 0 Å². The first-order valence-corrected chi connectivity index (χ1v) is 10.9. The molecule has 0 heterocycles. The Hall–Kier alpha value is -3.37. The van der Waals surface area contributed by atoms with Crippen molar-refractivity contribution in [2.75, 3.05) is 17.1 Å². The average Bonchev–Trinajstić information content (AvgIpc) is 2.75. The lowest BCUT2D eigenvalue weighted by Crippen LogP contribution is -2.16. The van der Waals surface area contributed by atoms with Crippen LogP contribution < -0.4 is 19.5 Å². The second-order valence-electron chi connectivity index (χ2n) is 6.31. The smallest absolute Gasteiger partial charge is 0.387 e. The van der Waals surface area contributed by atoms with E-state index in [1.807, 2.05) is 0 Å². The summed E-state index contributed by atoms with van der Waals surface area (Å²) in [7, 11) is -2.83. The van der Waals surface area contributed by atoms with Gasteiger partial charge in [-0.05, 0) is 48.5 Å². The van der Waals surface area contributed by atoms with E-state index in [9.17, 15) is 22.0 Å². The third kappa shape index (κ3) is 5.65. The van der Waals surface area contributed by atoms with Crippen LogP contribution in [0, 0.1) is 0 Å². The molecular weight excluding hydrogens is 466 g/mol. The number of carbonyl (C=O) groups excluding carboxylic acids is 1. The fraction of sp³-hybridized carbons (Fsp3) is 0.0952. The highest BCUT2D eigenvalue weighted by Gasteiger charge is 2.22. The maximum Gasteiger partial charge on any atom is 0.387 e. The van der Waals surface area contributed by atoms with E-state index < -0.39 is 22.5 Å². The molecule has 0 radical (unpaired) electrons. The number of methoxy groups -OCH3 is 1. The lowest BCUT2D eigenvalue weighted by molar-refractivity contribution is -0.0498. The van der Waals surface area contributed by atoms with E-state index in [0.29, 0.717) is 0 Å². The number of carbonyl (C=O) groups is 1. The molecule has 3 aromatic rings. The van der Waals surface area contributed by atoms with Crippen molar-refractivity contribution in [1.29, 1.82) is 0 Å². The normalized spacial score (nSPS) is 11.2. The average molecular weight is 483 g/mol. The molecule has 1 amide bonds. The molecule has 0 unspecified atom stereocenters. The van der Waals surface area contributed by atoms with E-state index in [2.05, 4.69) is 14.8 Å². The molecule has 0 saturated carbocycles. The molecule has 0 spiro atoms. The molecule has 0 aromatic heterocycles. The number of halogens is 3. The number of anilines is 2. The Morgan fingerprint density at radius 1 is 1.03 bits per heavy atom. The van der Waals surface area contributed by atoms with Crippen molar-refractivity contribution in [2.24, 2.45) is 0 Å². The van der Waals surface area contributed by atoms with E-state index >= 15 is 0 Å². The van der Waals surface area contributed by atoms with Crippen molar-refractivity contribution in [3.63, 3.8) is 0 Å². The topological polar surface area (TPSA) is 93.7 Å². The summed E-state index contributed by atoms with van der Waals surface area (Å²) in [5.41, 5.74) is 0.342. The Balaban J connectivity index is 1.88. The predicted octanol–water partition coefficient (Wildman–Crippen LogP) is 5.00. The number of ether oxygens (including phenoxy) is 2. The summed E-state index contributed by atoms with van der Waals surface area (Å²) in [6.45, 7) is -3.03. The van der Waals surface area contributed by atoms with Crippen molar-refractivity contribution in [3.05, 3.63) is 77.3 Å². The van der Waals surface area contributed by atoms with Crippen LogP contribution >= 0.6 is 11.6 Å². The number of alkyl halides is 2. The van der Waals surface area contributed by atoms with Gasteiger partial charge in [-0.25, -0.2) is 8.42 Å². The van der Waals surface area contributed by atoms with Crippen LogP contribution in [0.25, 0.3) is 0 Å². The van der Waals surface area contributed by atoms with Gasteiger partial charge in [-0.1, -0.05) is 29.8 Å². The van der Waals surface area contributed by atoms with Crippen LogP contribution in [0.4, 0.5) is 20.2 Å². The van der Waals surface area contributed by atoms with Crippen LogP contribution in [0.15, 0.2) is 71.6 Å². The lowest BCUT2D eigenvalue weighted by Gasteiger charge is -2.14. The Labute approximate surface area is 188 Å². The summed E-state index contributed by atoms with van der Waals surface area (Å²) in [5.74, 6) is -0.804. The maximum absolute atomic E-state index is 12.9. The zero-order valence-corrected chi connectivity index (χ0v) is 18.1. The number of rotatable bonds is 8. The van der Waals surface area contributed by atoms with Crippen molar-refractivity contribution in [2.45, 2.75) is 11.5 Å². The molecule has 0 fully saturated rings. The first-order valence-electron chi connectivity index (χ1n) is 9.01. The van der Waals surface area contributed by atoms with Crippen molar-refractivity contribution >= 4 is 38.9 Å². The van der Waals surface area contributed by atoms with E-state index in [4.69, 9.17) is 16.3 Å². The Kier molecular flexibility index (Phi) is 7.16.